The number of hydrogen-bond acceptors (Lipinski definition) is 4. The third kappa shape index (κ3) is 6.67. The summed E-state index contributed by atoms with van der Waals surface area (Å²) in [6, 6.07) is 7.14. The van der Waals surface area contributed by atoms with E-state index in [1.54, 1.807) is 24.3 Å². The zero-order valence-corrected chi connectivity index (χ0v) is 11.2. The first-order valence-electron chi connectivity index (χ1n) is 6.49. The quantitative estimate of drug-likeness (QED) is 0.663. The number of amides is 1. The summed E-state index contributed by atoms with van der Waals surface area (Å²) >= 11 is 0. The van der Waals surface area contributed by atoms with Gasteiger partial charge < -0.3 is 19.9 Å². The largest absolute Gasteiger partial charge is 0.494 e. The van der Waals surface area contributed by atoms with Crippen LogP contribution in [0.2, 0.25) is 0 Å². The van der Waals surface area contributed by atoms with Crippen molar-refractivity contribution in [1.82, 2.24) is 5.32 Å². The number of rotatable bonds is 9. The Morgan fingerprint density at radius 3 is 2.37 bits per heavy atom. The molecular formula is C14H21NO4. The van der Waals surface area contributed by atoms with Crippen LogP contribution in [0.25, 0.3) is 0 Å². The van der Waals surface area contributed by atoms with Gasteiger partial charge in [-0.3, -0.25) is 4.79 Å². The topological polar surface area (TPSA) is 67.8 Å². The van der Waals surface area contributed by atoms with Crippen LogP contribution < -0.4 is 14.8 Å². The summed E-state index contributed by atoms with van der Waals surface area (Å²) in [6.45, 7) is 3.25. The Kier molecular flexibility index (Phi) is 7.43. The first-order chi connectivity index (χ1) is 9.26. The van der Waals surface area contributed by atoms with Crippen LogP contribution in [0.1, 0.15) is 19.8 Å². The number of carbonyl (C=O) groups is 1. The number of carbonyl (C=O) groups excluding carboxylic acids is 1. The van der Waals surface area contributed by atoms with Crippen LogP contribution in [-0.4, -0.2) is 37.4 Å². The van der Waals surface area contributed by atoms with Crippen molar-refractivity contribution < 1.29 is 19.4 Å². The van der Waals surface area contributed by atoms with Gasteiger partial charge in [-0.2, -0.15) is 0 Å². The van der Waals surface area contributed by atoms with Crippen molar-refractivity contribution in [2.75, 3.05) is 26.4 Å². The molecule has 1 rings (SSSR count). The Balaban J connectivity index is 2.22. The van der Waals surface area contributed by atoms with Gasteiger partial charge in [-0.25, -0.2) is 0 Å². The lowest BCUT2D eigenvalue weighted by Gasteiger charge is -2.08. The summed E-state index contributed by atoms with van der Waals surface area (Å²) < 4.78 is 10.6. The first-order valence-corrected chi connectivity index (χ1v) is 6.49. The molecule has 0 atom stereocenters. The molecule has 0 radical (unpaired) electrons. The Morgan fingerprint density at radius 2 is 1.79 bits per heavy atom. The highest BCUT2D eigenvalue weighted by Gasteiger charge is 2.02. The maximum absolute atomic E-state index is 11.4. The van der Waals surface area contributed by atoms with E-state index in [0.29, 0.717) is 25.3 Å². The molecule has 0 heterocycles. The molecule has 0 saturated heterocycles. The summed E-state index contributed by atoms with van der Waals surface area (Å²) in [7, 11) is 0. The molecule has 0 bridgehead atoms. The van der Waals surface area contributed by atoms with Gasteiger partial charge in [-0.05, 0) is 44.0 Å². The van der Waals surface area contributed by atoms with E-state index in [1.165, 1.54) is 0 Å². The minimum Gasteiger partial charge on any atom is -0.494 e. The molecule has 5 nitrogen and oxygen atoms in total. The summed E-state index contributed by atoms with van der Waals surface area (Å²) in [4.78, 5) is 11.4. The van der Waals surface area contributed by atoms with Crippen molar-refractivity contribution in [3.63, 3.8) is 0 Å². The van der Waals surface area contributed by atoms with Crippen molar-refractivity contribution in [3.05, 3.63) is 24.3 Å². The molecule has 0 spiro atoms. The average molecular weight is 267 g/mol. The second kappa shape index (κ2) is 9.22. The van der Waals surface area contributed by atoms with Crippen LogP contribution >= 0.6 is 0 Å². The Bertz CT molecular complexity index is 364. The fourth-order valence-electron chi connectivity index (χ4n) is 1.46. The molecule has 0 aliphatic rings. The second-order valence-electron chi connectivity index (χ2n) is 3.97. The Labute approximate surface area is 113 Å². The fourth-order valence-corrected chi connectivity index (χ4v) is 1.46. The van der Waals surface area contributed by atoms with Gasteiger partial charge in [0.2, 0.25) is 0 Å². The van der Waals surface area contributed by atoms with Crippen molar-refractivity contribution >= 4 is 5.91 Å². The van der Waals surface area contributed by atoms with E-state index in [2.05, 4.69) is 5.32 Å². The molecule has 0 aliphatic carbocycles. The van der Waals surface area contributed by atoms with E-state index >= 15 is 0 Å². The molecule has 0 saturated carbocycles. The minimum atomic E-state index is -0.160. The fraction of sp³-hybridized carbons (Fsp3) is 0.500. The SMILES string of the molecule is CCOc1ccc(OCC(=O)NCCCCO)cc1. The minimum absolute atomic E-state index is 0.00684. The van der Waals surface area contributed by atoms with Gasteiger partial charge in [0.1, 0.15) is 11.5 Å². The summed E-state index contributed by atoms with van der Waals surface area (Å²) in [6.07, 6.45) is 1.46. The lowest BCUT2D eigenvalue weighted by Crippen LogP contribution is -2.29. The zero-order chi connectivity index (χ0) is 13.9. The predicted molar refractivity (Wildman–Crippen MR) is 72.4 cm³/mol. The number of unbranched alkanes of at least 4 members (excludes halogenated alkanes) is 1. The Hall–Kier alpha value is -1.75. The lowest BCUT2D eigenvalue weighted by molar-refractivity contribution is -0.123. The van der Waals surface area contributed by atoms with E-state index in [0.717, 1.165) is 12.2 Å². The van der Waals surface area contributed by atoms with E-state index in [-0.39, 0.29) is 19.1 Å². The third-order valence-electron chi connectivity index (χ3n) is 2.41. The van der Waals surface area contributed by atoms with Crippen molar-refractivity contribution in [3.8, 4) is 11.5 Å². The molecule has 1 amide bonds. The molecule has 0 aliphatic heterocycles. The highest BCUT2D eigenvalue weighted by molar-refractivity contribution is 5.77. The lowest BCUT2D eigenvalue weighted by atomic mass is 10.3. The molecule has 5 heteroatoms. The van der Waals surface area contributed by atoms with Crippen LogP contribution in [0.4, 0.5) is 0 Å². The number of aliphatic hydroxyl groups excluding tert-OH is 1. The monoisotopic (exact) mass is 267 g/mol. The molecule has 106 valence electrons. The van der Waals surface area contributed by atoms with Crippen LogP contribution in [0, 0.1) is 0 Å². The normalized spacial score (nSPS) is 10.0. The highest BCUT2D eigenvalue weighted by Crippen LogP contribution is 2.17. The van der Waals surface area contributed by atoms with Gasteiger partial charge in [0.05, 0.1) is 6.61 Å². The average Bonchev–Trinajstić information content (AvgIpc) is 2.43. The molecule has 1 aromatic rings. The van der Waals surface area contributed by atoms with Gasteiger partial charge in [-0.1, -0.05) is 0 Å². The molecule has 19 heavy (non-hydrogen) atoms. The van der Waals surface area contributed by atoms with Gasteiger partial charge >= 0.3 is 0 Å². The van der Waals surface area contributed by atoms with Crippen LogP contribution in [0.3, 0.4) is 0 Å². The third-order valence-corrected chi connectivity index (χ3v) is 2.41. The number of benzene rings is 1. The van der Waals surface area contributed by atoms with Gasteiger partial charge in [-0.15, -0.1) is 0 Å². The molecule has 1 aromatic carbocycles. The summed E-state index contributed by atoms with van der Waals surface area (Å²) in [5.41, 5.74) is 0. The summed E-state index contributed by atoms with van der Waals surface area (Å²) in [5.74, 6) is 1.25. The van der Waals surface area contributed by atoms with Gasteiger partial charge in [0.25, 0.3) is 5.91 Å². The summed E-state index contributed by atoms with van der Waals surface area (Å²) in [5, 5.41) is 11.3. The maximum atomic E-state index is 11.4. The zero-order valence-electron chi connectivity index (χ0n) is 11.2. The van der Waals surface area contributed by atoms with Crippen molar-refractivity contribution in [2.24, 2.45) is 0 Å². The van der Waals surface area contributed by atoms with E-state index in [9.17, 15) is 4.79 Å². The predicted octanol–water partition coefficient (Wildman–Crippen LogP) is 1.35. The van der Waals surface area contributed by atoms with E-state index in [4.69, 9.17) is 14.6 Å². The van der Waals surface area contributed by atoms with Gasteiger partial charge in [0.15, 0.2) is 6.61 Å². The second-order valence-corrected chi connectivity index (χ2v) is 3.97. The highest BCUT2D eigenvalue weighted by atomic mass is 16.5. The van der Waals surface area contributed by atoms with Crippen molar-refractivity contribution in [1.29, 1.82) is 0 Å². The van der Waals surface area contributed by atoms with Crippen LogP contribution in [-0.2, 0) is 4.79 Å². The number of nitrogens with one attached hydrogen (secondary N) is 1. The first kappa shape index (κ1) is 15.3. The molecule has 0 fully saturated rings. The Morgan fingerprint density at radius 1 is 1.16 bits per heavy atom. The van der Waals surface area contributed by atoms with E-state index < -0.39 is 0 Å². The standard InChI is InChI=1S/C14H21NO4/c1-2-18-12-5-7-13(8-6-12)19-11-14(17)15-9-3-4-10-16/h5-8,16H,2-4,9-11H2,1H3,(H,15,17). The van der Waals surface area contributed by atoms with Crippen LogP contribution in [0.15, 0.2) is 24.3 Å². The maximum Gasteiger partial charge on any atom is 0.257 e. The molecular weight excluding hydrogens is 246 g/mol. The molecule has 2 N–H and O–H groups in total. The number of aliphatic hydroxyl groups is 1. The smallest absolute Gasteiger partial charge is 0.257 e. The van der Waals surface area contributed by atoms with Gasteiger partial charge in [0, 0.05) is 13.2 Å². The van der Waals surface area contributed by atoms with Crippen molar-refractivity contribution in [2.45, 2.75) is 19.8 Å². The molecule has 0 unspecified atom stereocenters. The number of ether oxygens (including phenoxy) is 2. The van der Waals surface area contributed by atoms with Crippen LogP contribution in [0.5, 0.6) is 11.5 Å². The van der Waals surface area contributed by atoms with E-state index in [1.807, 2.05) is 6.92 Å². The number of hydrogen-bond donors (Lipinski definition) is 2. The molecule has 0 aromatic heterocycles.